The summed E-state index contributed by atoms with van der Waals surface area (Å²) in [5.41, 5.74) is 4.17. The van der Waals surface area contributed by atoms with Gasteiger partial charge in [-0.3, -0.25) is 4.79 Å². The molecule has 1 aliphatic heterocycles. The lowest BCUT2D eigenvalue weighted by Gasteiger charge is -2.32. The number of hydrogen-bond acceptors (Lipinski definition) is 3. The fourth-order valence-corrected chi connectivity index (χ4v) is 4.33. The quantitative estimate of drug-likeness (QED) is 0.702. The van der Waals surface area contributed by atoms with E-state index in [1.807, 2.05) is 26.0 Å². The molecule has 30 heavy (non-hydrogen) atoms. The Morgan fingerprint density at radius 2 is 1.93 bits per heavy atom. The highest BCUT2D eigenvalue weighted by Gasteiger charge is 2.44. The first-order chi connectivity index (χ1) is 14.6. The van der Waals surface area contributed by atoms with E-state index in [0.29, 0.717) is 12.2 Å². The lowest BCUT2D eigenvalue weighted by molar-refractivity contribution is -0.138. The minimum absolute atomic E-state index is 0.151. The standard InChI is InChI=1S/C23H24FNO3.C2H6/c24-21-7-6-18(28-17-2-1-3-17)11-22(21)25-9-8-14-10-15(4-5-16(14)13-25)19-12-20(19)23(26)27;1-2/h4-7,10-11,17,19-20H,1-3,8-9,12-13H2,(H,26,27);1-2H3. The molecule has 5 rings (SSSR count). The third-order valence-electron chi connectivity index (χ3n) is 6.39. The van der Waals surface area contributed by atoms with E-state index in [1.165, 1.54) is 23.6 Å². The van der Waals surface area contributed by atoms with Crippen LogP contribution in [0.5, 0.6) is 5.75 Å². The molecule has 5 heteroatoms. The van der Waals surface area contributed by atoms with E-state index in [0.717, 1.165) is 43.5 Å². The number of carboxylic acid groups (broad SMARTS) is 1. The topological polar surface area (TPSA) is 49.8 Å². The summed E-state index contributed by atoms with van der Waals surface area (Å²) < 4.78 is 20.5. The number of ether oxygens (including phenoxy) is 1. The molecule has 2 saturated carbocycles. The number of nitrogens with zero attached hydrogens (tertiary/aromatic N) is 1. The maximum Gasteiger partial charge on any atom is 0.307 e. The molecule has 0 saturated heterocycles. The van der Waals surface area contributed by atoms with Crippen LogP contribution in [0, 0.1) is 11.7 Å². The van der Waals surface area contributed by atoms with Crippen molar-refractivity contribution in [3.63, 3.8) is 0 Å². The van der Waals surface area contributed by atoms with Crippen LogP contribution in [0.25, 0.3) is 0 Å². The number of anilines is 1. The Morgan fingerprint density at radius 3 is 2.60 bits per heavy atom. The van der Waals surface area contributed by atoms with Crippen LogP contribution in [0.1, 0.15) is 62.1 Å². The van der Waals surface area contributed by atoms with Crippen molar-refractivity contribution in [3.05, 3.63) is 58.9 Å². The smallest absolute Gasteiger partial charge is 0.307 e. The van der Waals surface area contributed by atoms with Crippen LogP contribution in [0.2, 0.25) is 0 Å². The Bertz CT molecular complexity index is 925. The minimum atomic E-state index is -0.701. The number of benzene rings is 2. The third-order valence-corrected chi connectivity index (χ3v) is 6.39. The predicted molar refractivity (Wildman–Crippen MR) is 116 cm³/mol. The van der Waals surface area contributed by atoms with Crippen molar-refractivity contribution < 1.29 is 19.0 Å². The van der Waals surface area contributed by atoms with Gasteiger partial charge in [-0.05, 0) is 66.8 Å². The van der Waals surface area contributed by atoms with Crippen molar-refractivity contribution in [2.24, 2.45) is 5.92 Å². The van der Waals surface area contributed by atoms with E-state index in [2.05, 4.69) is 17.0 Å². The predicted octanol–water partition coefficient (Wildman–Crippen LogP) is 5.53. The SMILES string of the molecule is CC.O=C(O)C1CC1c1ccc2c(c1)CCN(c1cc(OC3CCC3)ccc1F)C2. The number of carbonyl (C=O) groups is 1. The number of aliphatic carboxylic acids is 1. The summed E-state index contributed by atoms with van der Waals surface area (Å²) in [6.45, 7) is 5.40. The lowest BCUT2D eigenvalue weighted by Crippen LogP contribution is -2.31. The number of hydrogen-bond donors (Lipinski definition) is 1. The first-order valence-corrected chi connectivity index (χ1v) is 11.1. The van der Waals surface area contributed by atoms with Gasteiger partial charge in [0.1, 0.15) is 11.6 Å². The van der Waals surface area contributed by atoms with E-state index < -0.39 is 5.97 Å². The van der Waals surface area contributed by atoms with Gasteiger partial charge >= 0.3 is 5.97 Å². The molecule has 0 amide bonds. The van der Waals surface area contributed by atoms with E-state index in [1.54, 1.807) is 6.07 Å². The Labute approximate surface area is 177 Å². The first-order valence-electron chi connectivity index (χ1n) is 11.1. The van der Waals surface area contributed by atoms with Gasteiger partial charge < -0.3 is 14.7 Å². The molecule has 2 aliphatic carbocycles. The summed E-state index contributed by atoms with van der Waals surface area (Å²) in [5, 5.41) is 9.15. The highest BCUT2D eigenvalue weighted by atomic mass is 19.1. The zero-order chi connectivity index (χ0) is 21.3. The molecular formula is C25H30FNO3. The second-order valence-electron chi connectivity index (χ2n) is 8.27. The Kier molecular flexibility index (Phi) is 5.98. The average Bonchev–Trinajstić information content (AvgIpc) is 3.54. The molecule has 0 radical (unpaired) electrons. The molecule has 2 aromatic carbocycles. The molecule has 4 nitrogen and oxygen atoms in total. The summed E-state index contributed by atoms with van der Waals surface area (Å²) in [5.74, 6) is -0.253. The molecule has 0 aromatic heterocycles. The van der Waals surface area contributed by atoms with Gasteiger partial charge in [-0.25, -0.2) is 4.39 Å². The highest BCUT2D eigenvalue weighted by molar-refractivity contribution is 5.75. The van der Waals surface area contributed by atoms with Gasteiger partial charge in [0.05, 0.1) is 17.7 Å². The van der Waals surface area contributed by atoms with Crippen LogP contribution < -0.4 is 9.64 Å². The molecule has 0 spiro atoms. The number of halogens is 1. The zero-order valence-electron chi connectivity index (χ0n) is 17.7. The highest BCUT2D eigenvalue weighted by Crippen LogP contribution is 2.48. The van der Waals surface area contributed by atoms with Gasteiger partial charge in [0.15, 0.2) is 0 Å². The lowest BCUT2D eigenvalue weighted by atomic mass is 9.95. The van der Waals surface area contributed by atoms with Crippen molar-refractivity contribution in [2.45, 2.75) is 64.5 Å². The van der Waals surface area contributed by atoms with E-state index in [9.17, 15) is 9.18 Å². The second kappa shape index (κ2) is 8.66. The van der Waals surface area contributed by atoms with Gasteiger partial charge in [0.2, 0.25) is 0 Å². The number of fused-ring (bicyclic) bond motifs is 1. The minimum Gasteiger partial charge on any atom is -0.490 e. The van der Waals surface area contributed by atoms with Crippen LogP contribution >= 0.6 is 0 Å². The zero-order valence-corrected chi connectivity index (χ0v) is 17.7. The number of carboxylic acids is 1. The fraction of sp³-hybridized carbons (Fsp3) is 0.480. The van der Waals surface area contributed by atoms with Crippen LogP contribution in [0.3, 0.4) is 0 Å². The first kappa shape index (κ1) is 20.7. The summed E-state index contributed by atoms with van der Waals surface area (Å²) in [7, 11) is 0. The van der Waals surface area contributed by atoms with E-state index in [4.69, 9.17) is 9.84 Å². The molecule has 0 bridgehead atoms. The maximum atomic E-state index is 14.5. The molecular weight excluding hydrogens is 381 g/mol. The van der Waals surface area contributed by atoms with Crippen LogP contribution in [-0.4, -0.2) is 23.7 Å². The number of rotatable bonds is 5. The van der Waals surface area contributed by atoms with Crippen LogP contribution in [0.4, 0.5) is 10.1 Å². The third kappa shape index (κ3) is 4.16. The monoisotopic (exact) mass is 411 g/mol. The summed E-state index contributed by atoms with van der Waals surface area (Å²) in [4.78, 5) is 13.2. The van der Waals surface area contributed by atoms with Gasteiger partial charge in [0, 0.05) is 19.2 Å². The molecule has 2 unspecified atom stereocenters. The van der Waals surface area contributed by atoms with Gasteiger partial charge in [-0.15, -0.1) is 0 Å². The van der Waals surface area contributed by atoms with E-state index in [-0.39, 0.29) is 23.8 Å². The summed E-state index contributed by atoms with van der Waals surface area (Å²) in [6.07, 6.45) is 5.21. The molecule has 1 N–H and O–H groups in total. The molecule has 2 aromatic rings. The van der Waals surface area contributed by atoms with Gasteiger partial charge in [-0.1, -0.05) is 32.0 Å². The van der Waals surface area contributed by atoms with Gasteiger partial charge in [-0.2, -0.15) is 0 Å². The molecule has 160 valence electrons. The maximum absolute atomic E-state index is 14.5. The largest absolute Gasteiger partial charge is 0.490 e. The molecule has 1 heterocycles. The molecule has 2 atom stereocenters. The Morgan fingerprint density at radius 1 is 1.13 bits per heavy atom. The molecule has 3 aliphatic rings. The van der Waals surface area contributed by atoms with Crippen molar-refractivity contribution >= 4 is 11.7 Å². The van der Waals surface area contributed by atoms with Crippen molar-refractivity contribution in [3.8, 4) is 5.75 Å². The average molecular weight is 412 g/mol. The van der Waals surface area contributed by atoms with Crippen molar-refractivity contribution in [1.82, 2.24) is 0 Å². The second-order valence-corrected chi connectivity index (χ2v) is 8.27. The van der Waals surface area contributed by atoms with Gasteiger partial charge in [0.25, 0.3) is 0 Å². The summed E-state index contributed by atoms with van der Waals surface area (Å²) >= 11 is 0. The van der Waals surface area contributed by atoms with Crippen LogP contribution in [-0.2, 0) is 17.8 Å². The Balaban J connectivity index is 0.00000106. The summed E-state index contributed by atoms with van der Waals surface area (Å²) in [6, 6.07) is 11.3. The van der Waals surface area contributed by atoms with E-state index >= 15 is 0 Å². The molecule has 2 fully saturated rings. The Hall–Kier alpha value is -2.56. The van der Waals surface area contributed by atoms with Crippen molar-refractivity contribution in [1.29, 1.82) is 0 Å². The van der Waals surface area contributed by atoms with Crippen molar-refractivity contribution in [2.75, 3.05) is 11.4 Å². The van der Waals surface area contributed by atoms with Crippen LogP contribution in [0.15, 0.2) is 36.4 Å². The normalized spacial score (nSPS) is 22.3. The fourth-order valence-electron chi connectivity index (χ4n) is 4.33.